The van der Waals surface area contributed by atoms with Gasteiger partial charge in [-0.25, -0.2) is 4.79 Å². The van der Waals surface area contributed by atoms with Crippen molar-refractivity contribution in [3.8, 4) is 5.75 Å². The van der Waals surface area contributed by atoms with Gasteiger partial charge in [0, 0.05) is 6.92 Å². The lowest BCUT2D eigenvalue weighted by molar-refractivity contribution is -0.129. The second-order valence-corrected chi connectivity index (χ2v) is 3.87. The summed E-state index contributed by atoms with van der Waals surface area (Å²) in [4.78, 5) is 32.6. The highest BCUT2D eigenvalue weighted by molar-refractivity contribution is 6.33. The maximum absolute atomic E-state index is 11.2. The fraction of sp³-hybridized carbons (Fsp3) is 0.182. The Morgan fingerprint density at radius 2 is 2.00 bits per heavy atom. The minimum atomic E-state index is -1.20. The summed E-state index contributed by atoms with van der Waals surface area (Å²) in [7, 11) is 0. The van der Waals surface area contributed by atoms with Crippen LogP contribution in [0.3, 0.4) is 0 Å². The Kier molecular flexibility index (Phi) is 5.13. The average Bonchev–Trinajstić information content (AvgIpc) is 2.35. The predicted molar refractivity (Wildman–Crippen MR) is 65.9 cm³/mol. The third-order valence-electron chi connectivity index (χ3n) is 1.92. The number of ether oxygens (including phenoxy) is 1. The van der Waals surface area contributed by atoms with Gasteiger partial charge in [-0.15, -0.1) is 0 Å². The molecule has 0 aliphatic heterocycles. The van der Waals surface area contributed by atoms with Crippen LogP contribution >= 0.6 is 11.6 Å². The van der Waals surface area contributed by atoms with Crippen LogP contribution in [-0.2, 0) is 9.59 Å². The molecule has 0 spiro atoms. The van der Waals surface area contributed by atoms with Crippen LogP contribution in [-0.4, -0.2) is 29.5 Å². The van der Waals surface area contributed by atoms with Crippen LogP contribution in [0.4, 0.5) is 0 Å². The van der Waals surface area contributed by atoms with Gasteiger partial charge in [0.05, 0.1) is 10.6 Å². The molecule has 0 heterocycles. The van der Waals surface area contributed by atoms with Gasteiger partial charge in [-0.2, -0.15) is 0 Å². The van der Waals surface area contributed by atoms with Gasteiger partial charge in [-0.05, 0) is 18.2 Å². The van der Waals surface area contributed by atoms with Gasteiger partial charge in [0.1, 0.15) is 5.75 Å². The second kappa shape index (κ2) is 6.60. The Morgan fingerprint density at radius 3 is 2.58 bits per heavy atom. The molecule has 8 heteroatoms. The first-order chi connectivity index (χ1) is 8.90. The van der Waals surface area contributed by atoms with Gasteiger partial charge < -0.3 is 9.84 Å². The number of amides is 2. The van der Waals surface area contributed by atoms with E-state index in [4.69, 9.17) is 21.4 Å². The highest BCUT2D eigenvalue weighted by Gasteiger charge is 2.11. The summed E-state index contributed by atoms with van der Waals surface area (Å²) in [6.45, 7) is 0.862. The largest absolute Gasteiger partial charge is 0.484 e. The molecular weight excluding hydrogens is 276 g/mol. The SMILES string of the molecule is CC(=O)NNC(=O)COc1ccc(Cl)c(C(=O)O)c1. The molecule has 1 aromatic rings. The summed E-state index contributed by atoms with van der Waals surface area (Å²) in [5, 5.41) is 8.92. The molecule has 19 heavy (non-hydrogen) atoms. The first-order valence-electron chi connectivity index (χ1n) is 5.11. The Labute approximate surface area is 113 Å². The maximum Gasteiger partial charge on any atom is 0.337 e. The van der Waals surface area contributed by atoms with Crippen LogP contribution in [0.2, 0.25) is 5.02 Å². The number of hydrogen-bond donors (Lipinski definition) is 3. The van der Waals surface area contributed by atoms with Crippen LogP contribution < -0.4 is 15.6 Å². The second-order valence-electron chi connectivity index (χ2n) is 3.46. The fourth-order valence-electron chi connectivity index (χ4n) is 1.10. The van der Waals surface area contributed by atoms with Crippen LogP contribution in [0.5, 0.6) is 5.75 Å². The van der Waals surface area contributed by atoms with Gasteiger partial charge >= 0.3 is 5.97 Å². The standard InChI is InChI=1S/C11H11ClN2O5/c1-6(15)13-14-10(16)5-19-7-2-3-9(12)8(4-7)11(17)18/h2-4H,5H2,1H3,(H,13,15)(H,14,16)(H,17,18). The maximum atomic E-state index is 11.2. The Morgan fingerprint density at radius 1 is 1.32 bits per heavy atom. The van der Waals surface area contributed by atoms with E-state index in [1.165, 1.54) is 25.1 Å². The quantitative estimate of drug-likeness (QED) is 0.703. The summed E-state index contributed by atoms with van der Waals surface area (Å²) < 4.78 is 5.06. The number of carboxylic acid groups (broad SMARTS) is 1. The monoisotopic (exact) mass is 286 g/mol. The third kappa shape index (κ3) is 4.84. The van der Waals surface area contributed by atoms with E-state index in [0.717, 1.165) is 0 Å². The highest BCUT2D eigenvalue weighted by Crippen LogP contribution is 2.21. The van der Waals surface area contributed by atoms with Gasteiger partial charge in [-0.3, -0.25) is 20.4 Å². The van der Waals surface area contributed by atoms with Gasteiger partial charge in [0.2, 0.25) is 5.91 Å². The van der Waals surface area contributed by atoms with Crippen molar-refractivity contribution in [1.29, 1.82) is 0 Å². The molecule has 1 aromatic carbocycles. The minimum absolute atomic E-state index is 0.0718. The number of benzene rings is 1. The van der Waals surface area contributed by atoms with Crippen molar-refractivity contribution < 1.29 is 24.2 Å². The van der Waals surface area contributed by atoms with Crippen molar-refractivity contribution >= 4 is 29.4 Å². The zero-order valence-corrected chi connectivity index (χ0v) is 10.7. The molecule has 0 aliphatic carbocycles. The lowest BCUT2D eigenvalue weighted by Crippen LogP contribution is -2.42. The van der Waals surface area contributed by atoms with Crippen molar-refractivity contribution in [3.05, 3.63) is 28.8 Å². The van der Waals surface area contributed by atoms with Crippen molar-refractivity contribution in [2.45, 2.75) is 6.92 Å². The molecule has 7 nitrogen and oxygen atoms in total. The van der Waals surface area contributed by atoms with Crippen molar-refractivity contribution in [3.63, 3.8) is 0 Å². The zero-order valence-electron chi connectivity index (χ0n) is 9.90. The summed E-state index contributed by atoms with van der Waals surface area (Å²) >= 11 is 5.68. The molecule has 0 unspecified atom stereocenters. The molecule has 0 aliphatic rings. The minimum Gasteiger partial charge on any atom is -0.484 e. The first-order valence-corrected chi connectivity index (χ1v) is 5.49. The van der Waals surface area contributed by atoms with Crippen molar-refractivity contribution in [1.82, 2.24) is 10.9 Å². The lowest BCUT2D eigenvalue weighted by atomic mass is 10.2. The van der Waals surface area contributed by atoms with E-state index in [2.05, 4.69) is 10.9 Å². The number of carbonyl (C=O) groups is 3. The molecule has 0 atom stereocenters. The van der Waals surface area contributed by atoms with Crippen LogP contribution in [0.25, 0.3) is 0 Å². The van der Waals surface area contributed by atoms with E-state index in [9.17, 15) is 14.4 Å². The molecular formula is C11H11ClN2O5. The van der Waals surface area contributed by atoms with Gasteiger partial charge in [-0.1, -0.05) is 11.6 Å². The van der Waals surface area contributed by atoms with E-state index in [1.807, 2.05) is 0 Å². The van der Waals surface area contributed by atoms with Crippen molar-refractivity contribution in [2.75, 3.05) is 6.61 Å². The highest BCUT2D eigenvalue weighted by atomic mass is 35.5. The van der Waals surface area contributed by atoms with E-state index in [-0.39, 0.29) is 22.9 Å². The van der Waals surface area contributed by atoms with Crippen LogP contribution in [0.15, 0.2) is 18.2 Å². The molecule has 0 aromatic heterocycles. The molecule has 0 saturated carbocycles. The Hall–Kier alpha value is -2.28. The predicted octanol–water partition coefficient (Wildman–Crippen LogP) is 0.584. The number of hydrazine groups is 1. The smallest absolute Gasteiger partial charge is 0.337 e. The molecule has 3 N–H and O–H groups in total. The lowest BCUT2D eigenvalue weighted by Gasteiger charge is -2.08. The van der Waals surface area contributed by atoms with E-state index in [0.29, 0.717) is 0 Å². The number of nitrogens with one attached hydrogen (secondary N) is 2. The van der Waals surface area contributed by atoms with E-state index in [1.54, 1.807) is 0 Å². The number of carbonyl (C=O) groups excluding carboxylic acids is 2. The number of carboxylic acids is 1. The van der Waals surface area contributed by atoms with E-state index >= 15 is 0 Å². The first kappa shape index (κ1) is 14.8. The molecule has 0 saturated heterocycles. The summed E-state index contributed by atoms with van der Waals surface area (Å²) in [5.41, 5.74) is 4.06. The summed E-state index contributed by atoms with van der Waals surface area (Å²) in [6, 6.07) is 3.99. The molecule has 1 rings (SSSR count). The Balaban J connectivity index is 2.58. The molecule has 102 valence electrons. The van der Waals surface area contributed by atoms with Gasteiger partial charge in [0.15, 0.2) is 6.61 Å². The number of rotatable bonds is 4. The third-order valence-corrected chi connectivity index (χ3v) is 2.25. The van der Waals surface area contributed by atoms with Crippen LogP contribution in [0.1, 0.15) is 17.3 Å². The zero-order chi connectivity index (χ0) is 14.4. The number of aromatic carboxylic acids is 1. The number of hydrogen-bond acceptors (Lipinski definition) is 4. The Bertz CT molecular complexity index is 518. The van der Waals surface area contributed by atoms with E-state index < -0.39 is 17.8 Å². The summed E-state index contributed by atoms with van der Waals surface area (Å²) in [6.07, 6.45) is 0. The number of halogens is 1. The topological polar surface area (TPSA) is 105 Å². The molecule has 0 fully saturated rings. The average molecular weight is 287 g/mol. The fourth-order valence-corrected chi connectivity index (χ4v) is 1.30. The molecule has 2 amide bonds. The summed E-state index contributed by atoms with van der Waals surface area (Å²) in [5.74, 6) is -2.02. The normalized spacial score (nSPS) is 9.58. The van der Waals surface area contributed by atoms with Gasteiger partial charge in [0.25, 0.3) is 5.91 Å². The van der Waals surface area contributed by atoms with Crippen LogP contribution in [0, 0.1) is 0 Å². The molecule has 0 bridgehead atoms. The van der Waals surface area contributed by atoms with Crippen molar-refractivity contribution in [2.24, 2.45) is 0 Å². The molecule has 0 radical (unpaired) electrons.